The minimum absolute atomic E-state index is 0.0161. The summed E-state index contributed by atoms with van der Waals surface area (Å²) in [4.78, 5) is 15.3. The fraction of sp³-hybridized carbons (Fsp3) is 0.214. The first-order chi connectivity index (χ1) is 11.0. The van der Waals surface area contributed by atoms with Crippen LogP contribution < -0.4 is 10.1 Å². The van der Waals surface area contributed by atoms with Gasteiger partial charge in [0.1, 0.15) is 18.1 Å². The van der Waals surface area contributed by atoms with Crippen LogP contribution in [0.3, 0.4) is 0 Å². The molecule has 2 heterocycles. The van der Waals surface area contributed by atoms with Crippen molar-refractivity contribution in [1.29, 1.82) is 0 Å². The Hall–Kier alpha value is -2.74. The van der Waals surface area contributed by atoms with E-state index in [9.17, 15) is 15.0 Å². The molecule has 1 aromatic heterocycles. The largest absolute Gasteiger partial charge is 0.503 e. The molecule has 0 spiro atoms. The number of benzene rings is 1. The number of aromatic nitrogens is 3. The number of rotatable bonds is 4. The van der Waals surface area contributed by atoms with E-state index >= 15 is 0 Å². The van der Waals surface area contributed by atoms with Gasteiger partial charge in [-0.3, -0.25) is 0 Å². The molecule has 9 heteroatoms. The number of hydrogen-bond donors (Lipinski definition) is 3. The first-order valence-electron chi connectivity index (χ1n) is 6.78. The van der Waals surface area contributed by atoms with Crippen molar-refractivity contribution in [2.24, 2.45) is 0 Å². The van der Waals surface area contributed by atoms with Gasteiger partial charge in [0.2, 0.25) is 5.95 Å². The normalized spacial score (nSPS) is 16.3. The number of phenols is 1. The number of anilines is 1. The van der Waals surface area contributed by atoms with Crippen molar-refractivity contribution in [2.75, 3.05) is 11.9 Å². The number of carboxylic acid groups (broad SMARTS) is 1. The highest BCUT2D eigenvalue weighted by Crippen LogP contribution is 2.39. The van der Waals surface area contributed by atoms with Gasteiger partial charge in [0, 0.05) is 0 Å². The van der Waals surface area contributed by atoms with Crippen molar-refractivity contribution < 1.29 is 19.7 Å². The van der Waals surface area contributed by atoms with Crippen LogP contribution in [-0.2, 0) is 4.79 Å². The lowest BCUT2D eigenvalue weighted by Gasteiger charge is -2.23. The fourth-order valence-electron chi connectivity index (χ4n) is 2.33. The highest BCUT2D eigenvalue weighted by molar-refractivity contribution is 6.32. The number of nitrogens with zero attached hydrogens (tertiary/aromatic N) is 3. The molecule has 120 valence electrons. The summed E-state index contributed by atoms with van der Waals surface area (Å²) >= 11 is 6.05. The second-order valence-electron chi connectivity index (χ2n) is 4.77. The summed E-state index contributed by atoms with van der Waals surface area (Å²) in [5, 5.41) is 26.0. The van der Waals surface area contributed by atoms with Gasteiger partial charge in [-0.1, -0.05) is 11.6 Å². The molecule has 1 aromatic carbocycles. The van der Waals surface area contributed by atoms with E-state index in [1.807, 2.05) is 0 Å². The first kappa shape index (κ1) is 15.2. The molecule has 3 N–H and O–H groups in total. The minimum atomic E-state index is -1.11. The van der Waals surface area contributed by atoms with Gasteiger partial charge in [0.25, 0.3) is 0 Å². The third-order valence-electron chi connectivity index (χ3n) is 3.33. The van der Waals surface area contributed by atoms with Crippen LogP contribution in [0, 0.1) is 0 Å². The van der Waals surface area contributed by atoms with Crippen LogP contribution in [0.4, 0.5) is 5.95 Å². The Morgan fingerprint density at radius 1 is 1.52 bits per heavy atom. The van der Waals surface area contributed by atoms with E-state index in [2.05, 4.69) is 15.4 Å². The summed E-state index contributed by atoms with van der Waals surface area (Å²) in [6.07, 6.45) is 2.81. The van der Waals surface area contributed by atoms with Crippen molar-refractivity contribution in [2.45, 2.75) is 13.0 Å². The molecule has 1 atom stereocenters. The topological polar surface area (TPSA) is 110 Å². The van der Waals surface area contributed by atoms with E-state index in [-0.39, 0.29) is 22.2 Å². The van der Waals surface area contributed by atoms with E-state index in [4.69, 9.17) is 16.3 Å². The summed E-state index contributed by atoms with van der Waals surface area (Å²) < 4.78 is 6.88. The molecule has 2 aromatic rings. The van der Waals surface area contributed by atoms with E-state index in [1.165, 1.54) is 23.2 Å². The van der Waals surface area contributed by atoms with Crippen LogP contribution >= 0.6 is 11.6 Å². The zero-order chi connectivity index (χ0) is 16.6. The Morgan fingerprint density at radius 3 is 3.00 bits per heavy atom. The van der Waals surface area contributed by atoms with E-state index in [0.29, 0.717) is 18.1 Å². The predicted molar refractivity (Wildman–Crippen MR) is 81.8 cm³/mol. The van der Waals surface area contributed by atoms with Crippen LogP contribution in [0.2, 0.25) is 5.02 Å². The smallest absolute Gasteiger partial charge is 0.352 e. The number of aromatic hydroxyl groups is 1. The van der Waals surface area contributed by atoms with Crippen LogP contribution in [0.5, 0.6) is 11.5 Å². The van der Waals surface area contributed by atoms with Crippen molar-refractivity contribution in [1.82, 2.24) is 14.8 Å². The molecule has 0 aliphatic carbocycles. The number of hydrogen-bond acceptors (Lipinski definition) is 6. The maximum atomic E-state index is 11.3. The molecule has 3 rings (SSSR count). The summed E-state index contributed by atoms with van der Waals surface area (Å²) in [6.45, 7) is 2.13. The van der Waals surface area contributed by atoms with Crippen LogP contribution in [0.25, 0.3) is 0 Å². The SMILES string of the molecule is CCOc1cc(C2C=C(C(=O)O)Nc3ncnn32)cc(Cl)c1O. The molecule has 0 bridgehead atoms. The lowest BCUT2D eigenvalue weighted by molar-refractivity contribution is -0.132. The standard InChI is InChI=1S/C14H13ClN4O4/c1-2-23-11-4-7(3-8(15)12(11)20)10-5-9(13(21)22)18-14-16-6-17-19(10)14/h3-6,10,20H,2H2,1H3,(H,21,22)(H,16,17,18). The quantitative estimate of drug-likeness (QED) is 0.783. The second kappa shape index (κ2) is 5.81. The van der Waals surface area contributed by atoms with Crippen molar-refractivity contribution in [3.8, 4) is 11.5 Å². The van der Waals surface area contributed by atoms with Gasteiger partial charge in [0.05, 0.1) is 11.6 Å². The van der Waals surface area contributed by atoms with Gasteiger partial charge in [-0.25, -0.2) is 9.48 Å². The number of nitrogens with one attached hydrogen (secondary N) is 1. The van der Waals surface area contributed by atoms with Crippen LogP contribution in [-0.4, -0.2) is 37.6 Å². The molecule has 1 aliphatic heterocycles. The monoisotopic (exact) mass is 336 g/mol. The first-order valence-corrected chi connectivity index (χ1v) is 7.16. The Kier molecular flexibility index (Phi) is 3.83. The van der Waals surface area contributed by atoms with Gasteiger partial charge >= 0.3 is 5.97 Å². The third kappa shape index (κ3) is 2.68. The number of carbonyl (C=O) groups is 1. The molecule has 1 unspecified atom stereocenters. The Labute approximate surface area is 136 Å². The highest BCUT2D eigenvalue weighted by atomic mass is 35.5. The van der Waals surface area contributed by atoms with Crippen molar-refractivity contribution >= 4 is 23.5 Å². The van der Waals surface area contributed by atoms with Crippen molar-refractivity contribution in [3.05, 3.63) is 40.8 Å². The van der Waals surface area contributed by atoms with Gasteiger partial charge in [0.15, 0.2) is 11.5 Å². The molecule has 23 heavy (non-hydrogen) atoms. The average Bonchev–Trinajstić information content (AvgIpc) is 2.99. The molecule has 8 nitrogen and oxygen atoms in total. The Morgan fingerprint density at radius 2 is 2.30 bits per heavy atom. The van der Waals surface area contributed by atoms with Crippen LogP contribution in [0.15, 0.2) is 30.2 Å². The molecular formula is C14H13ClN4O4. The maximum Gasteiger partial charge on any atom is 0.352 e. The number of halogens is 1. The number of phenolic OH excluding ortho intramolecular Hbond substituents is 1. The molecule has 0 amide bonds. The maximum absolute atomic E-state index is 11.3. The average molecular weight is 337 g/mol. The summed E-state index contributed by atoms with van der Waals surface area (Å²) in [7, 11) is 0. The molecule has 0 saturated heterocycles. The lowest BCUT2D eigenvalue weighted by atomic mass is 10.0. The van der Waals surface area contributed by atoms with Crippen LogP contribution in [0.1, 0.15) is 18.5 Å². The zero-order valence-corrected chi connectivity index (χ0v) is 12.8. The number of aliphatic carboxylic acids is 1. The van der Waals surface area contributed by atoms with Crippen molar-refractivity contribution in [3.63, 3.8) is 0 Å². The van der Waals surface area contributed by atoms with Gasteiger partial charge < -0.3 is 20.3 Å². The Balaban J connectivity index is 2.12. The molecule has 0 radical (unpaired) electrons. The van der Waals surface area contributed by atoms with E-state index < -0.39 is 12.0 Å². The molecule has 0 saturated carbocycles. The summed E-state index contributed by atoms with van der Waals surface area (Å²) in [6, 6.07) is 2.59. The van der Waals surface area contributed by atoms with Gasteiger partial charge in [-0.15, -0.1) is 0 Å². The zero-order valence-electron chi connectivity index (χ0n) is 12.0. The highest BCUT2D eigenvalue weighted by Gasteiger charge is 2.27. The molecule has 1 aliphatic rings. The predicted octanol–water partition coefficient (Wildman–Crippen LogP) is 2.02. The summed E-state index contributed by atoms with van der Waals surface area (Å²) in [5.74, 6) is -0.746. The number of allylic oxidation sites excluding steroid dienone is 1. The minimum Gasteiger partial charge on any atom is -0.503 e. The number of fused-ring (bicyclic) bond motifs is 1. The number of ether oxygens (including phenoxy) is 1. The Bertz CT molecular complexity index is 802. The third-order valence-corrected chi connectivity index (χ3v) is 3.62. The molecule has 0 fully saturated rings. The van der Waals surface area contributed by atoms with E-state index in [0.717, 1.165) is 0 Å². The van der Waals surface area contributed by atoms with Gasteiger partial charge in [-0.05, 0) is 30.7 Å². The van der Waals surface area contributed by atoms with E-state index in [1.54, 1.807) is 13.0 Å². The van der Waals surface area contributed by atoms with Gasteiger partial charge in [-0.2, -0.15) is 10.1 Å². The molecular weight excluding hydrogens is 324 g/mol. The summed E-state index contributed by atoms with van der Waals surface area (Å²) in [5.41, 5.74) is 0.598. The lowest BCUT2D eigenvalue weighted by Crippen LogP contribution is -2.24. The number of carboxylic acids is 1. The fourth-order valence-corrected chi connectivity index (χ4v) is 2.55. The second-order valence-corrected chi connectivity index (χ2v) is 5.17.